The lowest BCUT2D eigenvalue weighted by molar-refractivity contribution is -0.142. The van der Waals surface area contributed by atoms with Crippen LogP contribution in [0, 0.1) is 13.8 Å². The second-order valence-electron chi connectivity index (χ2n) is 4.75. The van der Waals surface area contributed by atoms with Gasteiger partial charge in [-0.15, -0.1) is 0 Å². The number of ether oxygens (including phenoxy) is 1. The molecule has 118 valence electrons. The Hall–Kier alpha value is -2.19. The maximum atomic E-state index is 12.6. The quantitative estimate of drug-likeness (QED) is 0.806. The molecule has 0 saturated carbocycles. The van der Waals surface area contributed by atoms with Gasteiger partial charge in [0, 0.05) is 0 Å². The predicted octanol–water partition coefficient (Wildman–Crippen LogP) is 1.22. The summed E-state index contributed by atoms with van der Waals surface area (Å²) in [6.45, 7) is 3.18. The molecule has 0 aliphatic heterocycles. The van der Waals surface area contributed by atoms with E-state index < -0.39 is 22.0 Å². The summed E-state index contributed by atoms with van der Waals surface area (Å²) in [6, 6.07) is 7.39. The highest BCUT2D eigenvalue weighted by Gasteiger charge is 2.30. The highest BCUT2D eigenvalue weighted by atomic mass is 32.2. The van der Waals surface area contributed by atoms with Crippen LogP contribution in [0.2, 0.25) is 0 Å². The largest absolute Gasteiger partial charge is 0.468 e. The fraction of sp³-hybridized carbons (Fsp3) is 0.286. The SMILES string of the molecule is COC(=O)C(NS(=O)(=O)c1c(C)n[nH]c1C)c1ccccc1. The van der Waals surface area contributed by atoms with E-state index in [0.29, 0.717) is 17.0 Å². The van der Waals surface area contributed by atoms with Gasteiger partial charge in [0.25, 0.3) is 0 Å². The minimum atomic E-state index is -3.93. The molecule has 2 rings (SSSR count). The van der Waals surface area contributed by atoms with Crippen molar-refractivity contribution in [2.75, 3.05) is 7.11 Å². The van der Waals surface area contributed by atoms with Crippen LogP contribution in [0.1, 0.15) is 23.0 Å². The molecule has 0 radical (unpaired) electrons. The number of carbonyl (C=O) groups excluding carboxylic acids is 1. The fourth-order valence-electron chi connectivity index (χ4n) is 2.17. The van der Waals surface area contributed by atoms with Gasteiger partial charge in [0.2, 0.25) is 10.0 Å². The van der Waals surface area contributed by atoms with Crippen molar-refractivity contribution in [3.05, 3.63) is 47.3 Å². The second kappa shape index (κ2) is 6.29. The number of nitrogens with one attached hydrogen (secondary N) is 2. The molecule has 0 bridgehead atoms. The Morgan fingerprint density at radius 2 is 1.91 bits per heavy atom. The minimum Gasteiger partial charge on any atom is -0.468 e. The monoisotopic (exact) mass is 323 g/mol. The molecule has 1 heterocycles. The van der Waals surface area contributed by atoms with Crippen LogP contribution in [0.3, 0.4) is 0 Å². The Balaban J connectivity index is 2.41. The van der Waals surface area contributed by atoms with Crippen molar-refractivity contribution in [2.45, 2.75) is 24.8 Å². The third-order valence-electron chi connectivity index (χ3n) is 3.17. The van der Waals surface area contributed by atoms with Gasteiger partial charge in [-0.1, -0.05) is 30.3 Å². The summed E-state index contributed by atoms with van der Waals surface area (Å²) in [7, 11) is -2.72. The van der Waals surface area contributed by atoms with E-state index in [4.69, 9.17) is 4.74 Å². The number of aromatic nitrogens is 2. The van der Waals surface area contributed by atoms with Crippen molar-refractivity contribution in [3.8, 4) is 0 Å². The molecule has 0 fully saturated rings. The van der Waals surface area contributed by atoms with Gasteiger partial charge >= 0.3 is 5.97 Å². The molecule has 0 spiro atoms. The lowest BCUT2D eigenvalue weighted by Crippen LogP contribution is -2.35. The smallest absolute Gasteiger partial charge is 0.328 e. The van der Waals surface area contributed by atoms with Gasteiger partial charge in [-0.05, 0) is 19.4 Å². The molecule has 22 heavy (non-hydrogen) atoms. The third kappa shape index (κ3) is 3.18. The van der Waals surface area contributed by atoms with Gasteiger partial charge < -0.3 is 4.74 Å². The second-order valence-corrected chi connectivity index (χ2v) is 6.40. The Morgan fingerprint density at radius 3 is 2.41 bits per heavy atom. The van der Waals surface area contributed by atoms with Gasteiger partial charge in [-0.3, -0.25) is 5.10 Å². The topological polar surface area (TPSA) is 101 Å². The highest BCUT2D eigenvalue weighted by Crippen LogP contribution is 2.21. The van der Waals surface area contributed by atoms with Crippen LogP contribution in [0.25, 0.3) is 0 Å². The number of methoxy groups -OCH3 is 1. The van der Waals surface area contributed by atoms with Gasteiger partial charge in [-0.25, -0.2) is 13.2 Å². The first kappa shape index (κ1) is 16.2. The standard InChI is InChI=1S/C14H17N3O4S/c1-9-13(10(2)16-15-9)22(19,20)17-12(14(18)21-3)11-7-5-4-6-8-11/h4-8,12,17H,1-3H3,(H,15,16). The molecule has 0 aliphatic carbocycles. The number of aromatic amines is 1. The van der Waals surface area contributed by atoms with E-state index in [9.17, 15) is 13.2 Å². The van der Waals surface area contributed by atoms with E-state index in [1.807, 2.05) is 0 Å². The molecule has 7 nitrogen and oxygen atoms in total. The molecule has 1 aromatic carbocycles. The van der Waals surface area contributed by atoms with Gasteiger partial charge in [0.15, 0.2) is 0 Å². The summed E-state index contributed by atoms with van der Waals surface area (Å²) in [6.07, 6.45) is 0. The molecule has 1 unspecified atom stereocenters. The Labute approximate surface area is 128 Å². The van der Waals surface area contributed by atoms with Gasteiger partial charge in [-0.2, -0.15) is 9.82 Å². The number of aryl methyl sites for hydroxylation is 2. The first-order chi connectivity index (χ1) is 10.4. The number of esters is 1. The minimum absolute atomic E-state index is 0.0392. The summed E-state index contributed by atoms with van der Waals surface area (Å²) in [5, 5.41) is 6.48. The van der Waals surface area contributed by atoms with Crippen LogP contribution in [0.15, 0.2) is 35.2 Å². The third-order valence-corrected chi connectivity index (χ3v) is 4.86. The molecule has 2 aromatic rings. The molecule has 1 atom stereocenters. The zero-order chi connectivity index (χ0) is 16.3. The maximum absolute atomic E-state index is 12.6. The molecule has 0 amide bonds. The van der Waals surface area contributed by atoms with Crippen molar-refractivity contribution in [1.82, 2.24) is 14.9 Å². The number of nitrogens with zero attached hydrogens (tertiary/aromatic N) is 1. The number of H-pyrrole nitrogens is 1. The Kier molecular flexibility index (Phi) is 4.62. The van der Waals surface area contributed by atoms with E-state index >= 15 is 0 Å². The van der Waals surface area contributed by atoms with Crippen LogP contribution in [0.5, 0.6) is 0 Å². The van der Waals surface area contributed by atoms with E-state index in [0.717, 1.165) is 0 Å². The Bertz CT molecular complexity index is 749. The maximum Gasteiger partial charge on any atom is 0.328 e. The summed E-state index contributed by atoms with van der Waals surface area (Å²) < 4.78 is 32.2. The zero-order valence-corrected chi connectivity index (χ0v) is 13.3. The number of rotatable bonds is 5. The average molecular weight is 323 g/mol. The van der Waals surface area contributed by atoms with Crippen molar-refractivity contribution >= 4 is 16.0 Å². The molecular formula is C14H17N3O4S. The molecule has 2 N–H and O–H groups in total. The summed E-state index contributed by atoms with van der Waals surface area (Å²) in [5.74, 6) is -0.687. The lowest BCUT2D eigenvalue weighted by atomic mass is 10.1. The normalized spacial score (nSPS) is 12.9. The molecular weight excluding hydrogens is 306 g/mol. The first-order valence-electron chi connectivity index (χ1n) is 6.53. The van der Waals surface area contributed by atoms with Gasteiger partial charge in [0.05, 0.1) is 18.5 Å². The van der Waals surface area contributed by atoms with Crippen LogP contribution < -0.4 is 4.72 Å². The molecule has 0 saturated heterocycles. The van der Waals surface area contributed by atoms with Crippen LogP contribution in [-0.2, 0) is 19.6 Å². The van der Waals surface area contributed by atoms with E-state index in [1.165, 1.54) is 7.11 Å². The molecule has 0 aliphatic rings. The highest BCUT2D eigenvalue weighted by molar-refractivity contribution is 7.89. The number of hydrogen-bond acceptors (Lipinski definition) is 5. The predicted molar refractivity (Wildman–Crippen MR) is 79.6 cm³/mol. The van der Waals surface area contributed by atoms with Crippen molar-refractivity contribution in [2.24, 2.45) is 0 Å². The number of sulfonamides is 1. The lowest BCUT2D eigenvalue weighted by Gasteiger charge is -2.17. The van der Waals surface area contributed by atoms with E-state index in [2.05, 4.69) is 14.9 Å². The van der Waals surface area contributed by atoms with Crippen molar-refractivity contribution in [3.63, 3.8) is 0 Å². The molecule has 8 heteroatoms. The number of carbonyl (C=O) groups is 1. The fourth-order valence-corrected chi connectivity index (χ4v) is 3.71. The summed E-state index contributed by atoms with van der Waals surface area (Å²) in [4.78, 5) is 12.0. The molecule has 1 aromatic heterocycles. The first-order valence-corrected chi connectivity index (χ1v) is 8.02. The van der Waals surface area contributed by atoms with Crippen LogP contribution in [0.4, 0.5) is 0 Å². The zero-order valence-electron chi connectivity index (χ0n) is 12.5. The van der Waals surface area contributed by atoms with Gasteiger partial charge in [0.1, 0.15) is 10.9 Å². The number of hydrogen-bond donors (Lipinski definition) is 2. The van der Waals surface area contributed by atoms with Crippen LogP contribution >= 0.6 is 0 Å². The summed E-state index contributed by atoms with van der Waals surface area (Å²) in [5.41, 5.74) is 1.24. The summed E-state index contributed by atoms with van der Waals surface area (Å²) >= 11 is 0. The Morgan fingerprint density at radius 1 is 1.27 bits per heavy atom. The van der Waals surface area contributed by atoms with Crippen LogP contribution in [-0.4, -0.2) is 31.7 Å². The number of benzene rings is 1. The average Bonchev–Trinajstić information content (AvgIpc) is 2.84. The van der Waals surface area contributed by atoms with E-state index in [1.54, 1.807) is 44.2 Å². The van der Waals surface area contributed by atoms with Crippen molar-refractivity contribution < 1.29 is 17.9 Å². The van der Waals surface area contributed by atoms with E-state index in [-0.39, 0.29) is 4.90 Å². The van der Waals surface area contributed by atoms with Crippen molar-refractivity contribution in [1.29, 1.82) is 0 Å².